The molecule has 7 nitrogen and oxygen atoms in total. The fraction of sp³-hybridized carbons (Fsp3) is 0.0909. The van der Waals surface area contributed by atoms with Crippen LogP contribution in [0.5, 0.6) is 0 Å². The van der Waals surface area contributed by atoms with Crippen LogP contribution in [-0.2, 0) is 6.54 Å². The van der Waals surface area contributed by atoms with Gasteiger partial charge in [-0.15, -0.1) is 0 Å². The van der Waals surface area contributed by atoms with Crippen molar-refractivity contribution < 1.29 is 10.0 Å². The molecular formula is C22H20N4O3. The van der Waals surface area contributed by atoms with Crippen molar-refractivity contribution in [2.45, 2.75) is 12.8 Å². The number of nitrogens with two attached hydrogens (primary N) is 1. The number of non-ortho nitro benzene ring substituents is 1. The first-order valence-electron chi connectivity index (χ1n) is 9.16. The molecule has 0 saturated heterocycles. The van der Waals surface area contributed by atoms with E-state index in [2.05, 4.69) is 10.6 Å². The minimum atomic E-state index is -1.00. The lowest BCUT2D eigenvalue weighted by Crippen LogP contribution is -2.16. The molecule has 3 aromatic carbocycles. The zero-order valence-corrected chi connectivity index (χ0v) is 15.5. The summed E-state index contributed by atoms with van der Waals surface area (Å²) >= 11 is 0. The molecule has 29 heavy (non-hydrogen) atoms. The zero-order chi connectivity index (χ0) is 20.4. The van der Waals surface area contributed by atoms with Gasteiger partial charge in [0, 0.05) is 41.2 Å². The summed E-state index contributed by atoms with van der Waals surface area (Å²) in [6.45, 7) is 0.451. The molecule has 0 saturated carbocycles. The number of aliphatic hydroxyl groups excluding tert-OH is 1. The number of hydrogen-bond donors (Lipinski definition) is 4. The Kier molecular flexibility index (Phi) is 4.99. The maximum Gasteiger partial charge on any atom is 0.270 e. The summed E-state index contributed by atoms with van der Waals surface area (Å²) in [5.74, 6) is 0. The van der Waals surface area contributed by atoms with E-state index in [4.69, 9.17) is 5.73 Å². The van der Waals surface area contributed by atoms with Crippen molar-refractivity contribution in [1.82, 2.24) is 0 Å². The van der Waals surface area contributed by atoms with E-state index < -0.39 is 11.2 Å². The van der Waals surface area contributed by atoms with Crippen LogP contribution in [0.25, 0.3) is 11.3 Å². The topological polar surface area (TPSA) is 113 Å². The molecule has 146 valence electrons. The van der Waals surface area contributed by atoms with Crippen LogP contribution in [-0.4, -0.2) is 16.3 Å². The number of hydrogen-bond acceptors (Lipinski definition) is 6. The van der Waals surface area contributed by atoms with Gasteiger partial charge in [-0.2, -0.15) is 0 Å². The van der Waals surface area contributed by atoms with Crippen molar-refractivity contribution in [3.05, 3.63) is 99.6 Å². The fourth-order valence-electron chi connectivity index (χ4n) is 3.40. The number of aliphatic hydroxyl groups is 1. The molecule has 0 bridgehead atoms. The smallest absolute Gasteiger partial charge is 0.270 e. The van der Waals surface area contributed by atoms with Gasteiger partial charge in [-0.1, -0.05) is 42.5 Å². The molecule has 0 fully saturated rings. The van der Waals surface area contributed by atoms with Crippen molar-refractivity contribution in [3.8, 4) is 0 Å². The largest absolute Gasteiger partial charge is 0.369 e. The van der Waals surface area contributed by atoms with E-state index in [0.717, 1.165) is 16.8 Å². The van der Waals surface area contributed by atoms with E-state index in [1.807, 2.05) is 54.6 Å². The van der Waals surface area contributed by atoms with Crippen LogP contribution in [0, 0.1) is 10.1 Å². The molecule has 0 spiro atoms. The highest BCUT2D eigenvalue weighted by atomic mass is 16.6. The number of nitrogens with one attached hydrogen (secondary N) is 2. The molecule has 0 amide bonds. The fourth-order valence-corrected chi connectivity index (χ4v) is 3.40. The van der Waals surface area contributed by atoms with Gasteiger partial charge in [0.25, 0.3) is 5.69 Å². The molecule has 1 heterocycles. The maximum atomic E-state index is 11.3. The number of anilines is 2. The number of benzene rings is 3. The number of nitro benzene ring substituents is 1. The first-order chi connectivity index (χ1) is 14.1. The Morgan fingerprint density at radius 3 is 2.48 bits per heavy atom. The van der Waals surface area contributed by atoms with Crippen LogP contribution in [0.15, 0.2) is 72.8 Å². The summed E-state index contributed by atoms with van der Waals surface area (Å²) in [6, 6.07) is 21.7. The minimum Gasteiger partial charge on any atom is -0.369 e. The Morgan fingerprint density at radius 2 is 1.83 bits per heavy atom. The Bertz CT molecular complexity index is 1080. The molecule has 1 atom stereocenters. The molecule has 1 unspecified atom stereocenters. The van der Waals surface area contributed by atoms with Crippen LogP contribution in [0.4, 0.5) is 17.1 Å². The molecule has 4 rings (SSSR count). The third-order valence-corrected chi connectivity index (χ3v) is 4.86. The Balaban J connectivity index is 1.87. The molecule has 3 aromatic rings. The second-order valence-electron chi connectivity index (χ2n) is 6.71. The summed E-state index contributed by atoms with van der Waals surface area (Å²) in [5.41, 5.74) is 10.8. The Labute approximate surface area is 167 Å². The van der Waals surface area contributed by atoms with Crippen LogP contribution >= 0.6 is 0 Å². The Morgan fingerprint density at radius 1 is 1.10 bits per heavy atom. The van der Waals surface area contributed by atoms with E-state index >= 15 is 0 Å². The zero-order valence-electron chi connectivity index (χ0n) is 15.5. The van der Waals surface area contributed by atoms with Gasteiger partial charge in [0.2, 0.25) is 0 Å². The Hall–Kier alpha value is -3.68. The van der Waals surface area contributed by atoms with Crippen molar-refractivity contribution in [3.63, 3.8) is 0 Å². The van der Waals surface area contributed by atoms with Crippen LogP contribution in [0.2, 0.25) is 0 Å². The van der Waals surface area contributed by atoms with Gasteiger partial charge in [0.15, 0.2) is 6.23 Å². The van der Waals surface area contributed by atoms with Crippen molar-refractivity contribution in [2.75, 3.05) is 10.6 Å². The summed E-state index contributed by atoms with van der Waals surface area (Å²) in [7, 11) is 0. The molecule has 0 aliphatic carbocycles. The van der Waals surface area contributed by atoms with Crippen LogP contribution < -0.4 is 16.4 Å². The molecular weight excluding hydrogens is 368 g/mol. The predicted molar refractivity (Wildman–Crippen MR) is 114 cm³/mol. The van der Waals surface area contributed by atoms with Crippen LogP contribution in [0.3, 0.4) is 0 Å². The van der Waals surface area contributed by atoms with E-state index in [1.54, 1.807) is 6.07 Å². The van der Waals surface area contributed by atoms with Gasteiger partial charge < -0.3 is 21.5 Å². The van der Waals surface area contributed by atoms with Gasteiger partial charge in [-0.05, 0) is 29.3 Å². The third-order valence-electron chi connectivity index (χ3n) is 4.86. The summed E-state index contributed by atoms with van der Waals surface area (Å²) in [4.78, 5) is 10.8. The summed E-state index contributed by atoms with van der Waals surface area (Å²) in [5, 5.41) is 28.4. The normalized spacial score (nSPS) is 16.7. The summed E-state index contributed by atoms with van der Waals surface area (Å²) < 4.78 is 0. The maximum absolute atomic E-state index is 11.3. The second-order valence-corrected chi connectivity index (χ2v) is 6.71. The molecule has 0 radical (unpaired) electrons. The monoisotopic (exact) mass is 388 g/mol. The quantitative estimate of drug-likeness (QED) is 0.391. The summed E-state index contributed by atoms with van der Waals surface area (Å²) in [6.07, 6.45) is -1.00. The van der Waals surface area contributed by atoms with Gasteiger partial charge in [0.1, 0.15) is 0 Å². The van der Waals surface area contributed by atoms with Crippen LogP contribution in [0.1, 0.15) is 16.7 Å². The highest BCUT2D eigenvalue weighted by Gasteiger charge is 2.30. The second kappa shape index (κ2) is 7.75. The van der Waals surface area contributed by atoms with Crippen molar-refractivity contribution >= 4 is 28.3 Å². The SMILES string of the molecule is NCc1ccc(N/C(=C2/c3cc([N+](=O)[O-])ccc3NC2O)c2ccccc2)cc1. The number of nitro groups is 1. The lowest BCUT2D eigenvalue weighted by Gasteiger charge is -2.17. The van der Waals surface area contributed by atoms with Gasteiger partial charge in [-0.25, -0.2) is 0 Å². The van der Waals surface area contributed by atoms with E-state index in [0.29, 0.717) is 29.1 Å². The highest BCUT2D eigenvalue weighted by molar-refractivity contribution is 6.03. The van der Waals surface area contributed by atoms with Gasteiger partial charge >= 0.3 is 0 Å². The number of rotatable bonds is 5. The predicted octanol–water partition coefficient (Wildman–Crippen LogP) is 3.78. The lowest BCUT2D eigenvalue weighted by molar-refractivity contribution is -0.384. The third kappa shape index (κ3) is 3.69. The average molecular weight is 388 g/mol. The highest BCUT2D eigenvalue weighted by Crippen LogP contribution is 2.41. The standard InChI is InChI=1S/C22H20N4O3/c23-13-14-6-8-16(9-7-14)24-21(15-4-2-1-3-5-15)20-18-12-17(26(28)29)10-11-19(18)25-22(20)27/h1-12,22,24-25,27H,13,23H2/b21-20-. The molecule has 0 aromatic heterocycles. The van der Waals surface area contributed by atoms with Gasteiger partial charge in [-0.3, -0.25) is 10.1 Å². The molecule has 1 aliphatic heterocycles. The van der Waals surface area contributed by atoms with E-state index in [-0.39, 0.29) is 5.69 Å². The molecule has 5 N–H and O–H groups in total. The average Bonchev–Trinajstić information content (AvgIpc) is 3.07. The van der Waals surface area contributed by atoms with E-state index in [9.17, 15) is 15.2 Å². The first kappa shape index (κ1) is 18.7. The number of nitrogens with zero attached hydrogens (tertiary/aromatic N) is 1. The van der Waals surface area contributed by atoms with Gasteiger partial charge in [0.05, 0.1) is 10.6 Å². The lowest BCUT2D eigenvalue weighted by atomic mass is 9.99. The molecule has 7 heteroatoms. The van der Waals surface area contributed by atoms with E-state index in [1.165, 1.54) is 12.1 Å². The molecule has 1 aliphatic rings. The van der Waals surface area contributed by atoms with Crippen molar-refractivity contribution in [2.24, 2.45) is 5.73 Å². The first-order valence-corrected chi connectivity index (χ1v) is 9.16. The minimum absolute atomic E-state index is 0.0307. The number of fused-ring (bicyclic) bond motifs is 1. The van der Waals surface area contributed by atoms with Crippen molar-refractivity contribution in [1.29, 1.82) is 0 Å².